The van der Waals surface area contributed by atoms with Crippen LogP contribution in [-0.4, -0.2) is 55.3 Å². The predicted molar refractivity (Wildman–Crippen MR) is 72.5 cm³/mol. The summed E-state index contributed by atoms with van der Waals surface area (Å²) in [5.74, 6) is 0.513. The van der Waals surface area contributed by atoms with E-state index in [1.165, 1.54) is 0 Å². The Morgan fingerprint density at radius 2 is 2.41 bits per heavy atom. The highest BCUT2D eigenvalue weighted by atomic mass is 32.2. The highest BCUT2D eigenvalue weighted by molar-refractivity contribution is 7.99. The van der Waals surface area contributed by atoms with Gasteiger partial charge >= 0.3 is 6.03 Å². The first kappa shape index (κ1) is 14.6. The molecule has 2 atom stereocenters. The lowest BCUT2D eigenvalue weighted by Gasteiger charge is -2.18. The summed E-state index contributed by atoms with van der Waals surface area (Å²) in [7, 11) is 0. The van der Waals surface area contributed by atoms with Crippen molar-refractivity contribution in [1.82, 2.24) is 10.2 Å². The van der Waals surface area contributed by atoms with Crippen molar-refractivity contribution in [1.29, 1.82) is 0 Å². The highest BCUT2D eigenvalue weighted by Gasteiger charge is 2.26. The number of ether oxygens (including phenoxy) is 1. The standard InChI is InChI=1S/C12H24N2O2S/c1-4-16-9-11-5-6-14(8-11)12(15)13-7-10(2)17-3/h10-11H,4-9H2,1-3H3,(H,13,15)/t10-,11-/m1/s1. The van der Waals surface area contributed by atoms with Crippen LogP contribution in [0.5, 0.6) is 0 Å². The van der Waals surface area contributed by atoms with Gasteiger partial charge in [-0.15, -0.1) is 0 Å². The van der Waals surface area contributed by atoms with Crippen molar-refractivity contribution in [2.24, 2.45) is 5.92 Å². The molecule has 0 aromatic heterocycles. The SMILES string of the molecule is CCOC[C@@H]1CCN(C(=O)NC[C@@H](C)SC)C1. The molecular weight excluding hydrogens is 236 g/mol. The molecule has 1 aliphatic rings. The average Bonchev–Trinajstić information content (AvgIpc) is 2.81. The van der Waals surface area contributed by atoms with E-state index >= 15 is 0 Å². The number of hydrogen-bond donors (Lipinski definition) is 1. The van der Waals surface area contributed by atoms with Gasteiger partial charge in [0.15, 0.2) is 0 Å². The number of nitrogens with one attached hydrogen (secondary N) is 1. The number of rotatable bonds is 6. The van der Waals surface area contributed by atoms with Gasteiger partial charge in [-0.05, 0) is 19.6 Å². The monoisotopic (exact) mass is 260 g/mol. The van der Waals surface area contributed by atoms with Gasteiger partial charge in [0.25, 0.3) is 0 Å². The fourth-order valence-electron chi connectivity index (χ4n) is 1.86. The van der Waals surface area contributed by atoms with E-state index in [-0.39, 0.29) is 6.03 Å². The summed E-state index contributed by atoms with van der Waals surface area (Å²) in [6.07, 6.45) is 3.12. The molecule has 0 saturated carbocycles. The highest BCUT2D eigenvalue weighted by Crippen LogP contribution is 2.16. The Bertz CT molecular complexity index is 239. The molecule has 1 N–H and O–H groups in total. The number of carbonyl (C=O) groups excluding carboxylic acids is 1. The summed E-state index contributed by atoms with van der Waals surface area (Å²) in [6.45, 7) is 8.09. The normalized spacial score (nSPS) is 21.6. The molecule has 1 aliphatic heterocycles. The van der Waals surface area contributed by atoms with Crippen molar-refractivity contribution < 1.29 is 9.53 Å². The Hall–Kier alpha value is -0.420. The van der Waals surface area contributed by atoms with Gasteiger partial charge in [0.1, 0.15) is 0 Å². The molecule has 0 spiro atoms. The first-order valence-electron chi connectivity index (χ1n) is 6.30. The molecule has 0 radical (unpaired) electrons. The molecular formula is C12H24N2O2S. The van der Waals surface area contributed by atoms with Gasteiger partial charge in [-0.1, -0.05) is 6.92 Å². The molecule has 1 fully saturated rings. The van der Waals surface area contributed by atoms with Crippen LogP contribution in [0, 0.1) is 5.92 Å². The quantitative estimate of drug-likeness (QED) is 0.792. The van der Waals surface area contributed by atoms with Crippen LogP contribution >= 0.6 is 11.8 Å². The maximum Gasteiger partial charge on any atom is 0.317 e. The molecule has 1 heterocycles. The second kappa shape index (κ2) is 7.82. The van der Waals surface area contributed by atoms with Crippen LogP contribution in [0.15, 0.2) is 0 Å². The van der Waals surface area contributed by atoms with Gasteiger partial charge < -0.3 is 15.0 Å². The van der Waals surface area contributed by atoms with E-state index in [0.29, 0.717) is 11.2 Å². The molecule has 0 aromatic rings. The molecule has 1 saturated heterocycles. The average molecular weight is 260 g/mol. The largest absolute Gasteiger partial charge is 0.381 e. The Morgan fingerprint density at radius 3 is 3.06 bits per heavy atom. The van der Waals surface area contributed by atoms with E-state index in [2.05, 4.69) is 18.5 Å². The summed E-state index contributed by atoms with van der Waals surface area (Å²) in [4.78, 5) is 13.7. The molecule has 1 rings (SSSR count). The second-order valence-corrected chi connectivity index (χ2v) is 5.77. The van der Waals surface area contributed by atoms with Crippen LogP contribution in [0.2, 0.25) is 0 Å². The first-order chi connectivity index (χ1) is 8.17. The Morgan fingerprint density at radius 1 is 1.65 bits per heavy atom. The zero-order chi connectivity index (χ0) is 12.7. The smallest absolute Gasteiger partial charge is 0.317 e. The molecule has 4 nitrogen and oxygen atoms in total. The lowest BCUT2D eigenvalue weighted by molar-refractivity contribution is 0.113. The molecule has 17 heavy (non-hydrogen) atoms. The van der Waals surface area contributed by atoms with Gasteiger partial charge in [0.2, 0.25) is 0 Å². The van der Waals surface area contributed by atoms with Crippen molar-refractivity contribution in [2.75, 3.05) is 39.1 Å². The van der Waals surface area contributed by atoms with E-state index < -0.39 is 0 Å². The minimum absolute atomic E-state index is 0.0740. The van der Waals surface area contributed by atoms with Crippen LogP contribution in [-0.2, 0) is 4.74 Å². The number of carbonyl (C=O) groups is 1. The van der Waals surface area contributed by atoms with E-state index in [1.807, 2.05) is 11.8 Å². The van der Waals surface area contributed by atoms with Crippen molar-refractivity contribution >= 4 is 17.8 Å². The minimum Gasteiger partial charge on any atom is -0.381 e. The van der Waals surface area contributed by atoms with Crippen LogP contribution in [0.3, 0.4) is 0 Å². The van der Waals surface area contributed by atoms with Gasteiger partial charge in [-0.25, -0.2) is 4.79 Å². The molecule has 0 aromatic carbocycles. The Kier molecular flexibility index (Phi) is 6.73. The fraction of sp³-hybridized carbons (Fsp3) is 0.917. The fourth-order valence-corrected chi connectivity index (χ4v) is 2.11. The van der Waals surface area contributed by atoms with Crippen molar-refractivity contribution in [3.8, 4) is 0 Å². The van der Waals surface area contributed by atoms with Gasteiger partial charge in [0, 0.05) is 37.4 Å². The molecule has 2 amide bonds. The van der Waals surface area contributed by atoms with Crippen molar-refractivity contribution in [2.45, 2.75) is 25.5 Å². The topological polar surface area (TPSA) is 41.6 Å². The van der Waals surface area contributed by atoms with Crippen molar-refractivity contribution in [3.63, 3.8) is 0 Å². The summed E-state index contributed by atoms with van der Waals surface area (Å²) in [6, 6.07) is 0.0740. The summed E-state index contributed by atoms with van der Waals surface area (Å²) in [5, 5.41) is 3.45. The number of amides is 2. The van der Waals surface area contributed by atoms with E-state index in [0.717, 1.165) is 39.3 Å². The van der Waals surface area contributed by atoms with E-state index in [4.69, 9.17) is 4.74 Å². The molecule has 5 heteroatoms. The zero-order valence-electron chi connectivity index (χ0n) is 11.1. The second-order valence-electron chi connectivity index (χ2n) is 4.49. The van der Waals surface area contributed by atoms with Crippen molar-refractivity contribution in [3.05, 3.63) is 0 Å². The number of nitrogens with zero attached hydrogens (tertiary/aromatic N) is 1. The molecule has 0 unspecified atom stereocenters. The Labute approximate surface area is 108 Å². The third-order valence-corrected chi connectivity index (χ3v) is 4.05. The summed E-state index contributed by atoms with van der Waals surface area (Å²) < 4.78 is 5.40. The molecule has 100 valence electrons. The minimum atomic E-state index is 0.0740. The van der Waals surface area contributed by atoms with Gasteiger partial charge in [-0.3, -0.25) is 0 Å². The number of thioether (sulfide) groups is 1. The Balaban J connectivity index is 2.21. The third-order valence-electron chi connectivity index (χ3n) is 3.07. The van der Waals surface area contributed by atoms with E-state index in [9.17, 15) is 4.79 Å². The lowest BCUT2D eigenvalue weighted by atomic mass is 10.1. The summed E-state index contributed by atoms with van der Waals surface area (Å²) in [5.41, 5.74) is 0. The number of hydrogen-bond acceptors (Lipinski definition) is 3. The molecule has 0 bridgehead atoms. The first-order valence-corrected chi connectivity index (χ1v) is 7.59. The molecule has 0 aliphatic carbocycles. The maximum absolute atomic E-state index is 11.8. The third kappa shape index (κ3) is 5.17. The lowest BCUT2D eigenvalue weighted by Crippen LogP contribution is -2.41. The number of likely N-dealkylation sites (tertiary alicyclic amines) is 1. The van der Waals surface area contributed by atoms with Gasteiger partial charge in [-0.2, -0.15) is 11.8 Å². The summed E-state index contributed by atoms with van der Waals surface area (Å²) >= 11 is 1.77. The van der Waals surface area contributed by atoms with Crippen LogP contribution in [0.1, 0.15) is 20.3 Å². The zero-order valence-corrected chi connectivity index (χ0v) is 11.9. The van der Waals surface area contributed by atoms with Crippen LogP contribution in [0.25, 0.3) is 0 Å². The predicted octanol–water partition coefficient (Wildman–Crippen LogP) is 1.81. The number of urea groups is 1. The van der Waals surface area contributed by atoms with Crippen LogP contribution in [0.4, 0.5) is 4.79 Å². The van der Waals surface area contributed by atoms with Gasteiger partial charge in [0.05, 0.1) is 6.61 Å². The van der Waals surface area contributed by atoms with E-state index in [1.54, 1.807) is 11.8 Å². The van der Waals surface area contributed by atoms with Crippen LogP contribution < -0.4 is 5.32 Å². The maximum atomic E-state index is 11.8.